The van der Waals surface area contributed by atoms with Crippen LogP contribution in [0.4, 0.5) is 10.1 Å². The van der Waals surface area contributed by atoms with Gasteiger partial charge >= 0.3 is 0 Å². The van der Waals surface area contributed by atoms with E-state index < -0.39 is 34.3 Å². The van der Waals surface area contributed by atoms with Crippen LogP contribution in [0.1, 0.15) is 36.1 Å². The van der Waals surface area contributed by atoms with Gasteiger partial charge < -0.3 is 10.2 Å². The number of nitrogens with zero attached hydrogens (tertiary/aromatic N) is 2. The third-order valence-corrected chi connectivity index (χ3v) is 9.35. The van der Waals surface area contributed by atoms with Gasteiger partial charge in [-0.05, 0) is 72.9 Å². The lowest BCUT2D eigenvalue weighted by Crippen LogP contribution is -2.53. The number of anilines is 1. The summed E-state index contributed by atoms with van der Waals surface area (Å²) >= 11 is 0. The Bertz CT molecular complexity index is 1690. The average molecular weight is 630 g/mol. The second-order valence-corrected chi connectivity index (χ2v) is 13.5. The molecule has 0 aliphatic rings. The summed E-state index contributed by atoms with van der Waals surface area (Å²) in [5.74, 6) is -1.26. The van der Waals surface area contributed by atoms with Crippen LogP contribution in [0.3, 0.4) is 0 Å². The molecule has 0 aromatic heterocycles. The molecule has 0 radical (unpaired) electrons. The van der Waals surface area contributed by atoms with Crippen LogP contribution in [-0.4, -0.2) is 44.3 Å². The van der Waals surface area contributed by atoms with E-state index in [4.69, 9.17) is 0 Å². The molecule has 2 amide bonds. The number of sulfonamides is 1. The standard InChI is InChI=1S/C36H40FN3O4S/c1-26(2)23-38-36(42)34(22-29-11-6-5-7-12-29)39(24-30-13-9-8-10-28(30)4)35(41)25-40(32-18-16-31(37)17-19-32)45(43,44)33-20-14-27(3)15-21-33/h5-21,26,34H,22-25H2,1-4H3,(H,38,42). The van der Waals surface area contributed by atoms with E-state index in [1.54, 1.807) is 12.1 Å². The number of halogens is 1. The smallest absolute Gasteiger partial charge is 0.264 e. The van der Waals surface area contributed by atoms with E-state index in [0.717, 1.165) is 38.7 Å². The average Bonchev–Trinajstić information content (AvgIpc) is 3.02. The molecule has 45 heavy (non-hydrogen) atoms. The Morgan fingerprint density at radius 2 is 1.44 bits per heavy atom. The van der Waals surface area contributed by atoms with Crippen LogP contribution in [0.5, 0.6) is 0 Å². The van der Waals surface area contributed by atoms with Gasteiger partial charge in [0.15, 0.2) is 0 Å². The van der Waals surface area contributed by atoms with Crippen molar-refractivity contribution in [3.05, 3.63) is 131 Å². The van der Waals surface area contributed by atoms with Gasteiger partial charge in [0.1, 0.15) is 18.4 Å². The highest BCUT2D eigenvalue weighted by atomic mass is 32.2. The van der Waals surface area contributed by atoms with E-state index in [-0.39, 0.29) is 35.4 Å². The molecule has 4 aromatic rings. The number of nitrogens with one attached hydrogen (secondary N) is 1. The number of rotatable bonds is 13. The lowest BCUT2D eigenvalue weighted by molar-refractivity contribution is -0.140. The van der Waals surface area contributed by atoms with Gasteiger partial charge in [-0.15, -0.1) is 0 Å². The Kier molecular flexibility index (Phi) is 11.1. The zero-order valence-corrected chi connectivity index (χ0v) is 26.9. The van der Waals surface area contributed by atoms with Gasteiger partial charge in [0.25, 0.3) is 10.0 Å². The second kappa shape index (κ2) is 15.0. The Balaban J connectivity index is 1.80. The number of hydrogen-bond donors (Lipinski definition) is 1. The topological polar surface area (TPSA) is 86.8 Å². The molecule has 236 valence electrons. The summed E-state index contributed by atoms with van der Waals surface area (Å²) in [5.41, 5.74) is 3.62. The quantitative estimate of drug-likeness (QED) is 0.195. The summed E-state index contributed by atoms with van der Waals surface area (Å²) in [4.78, 5) is 29.8. The van der Waals surface area contributed by atoms with Crippen molar-refractivity contribution in [3.8, 4) is 0 Å². The fraction of sp³-hybridized carbons (Fsp3) is 0.278. The van der Waals surface area contributed by atoms with Gasteiger partial charge in [-0.25, -0.2) is 12.8 Å². The molecular formula is C36H40FN3O4S. The van der Waals surface area contributed by atoms with Crippen LogP contribution in [0.25, 0.3) is 0 Å². The van der Waals surface area contributed by atoms with Gasteiger partial charge in [-0.3, -0.25) is 13.9 Å². The predicted molar refractivity (Wildman–Crippen MR) is 176 cm³/mol. The predicted octanol–water partition coefficient (Wildman–Crippen LogP) is 6.05. The lowest BCUT2D eigenvalue weighted by atomic mass is 10.0. The van der Waals surface area contributed by atoms with Gasteiger partial charge in [0.2, 0.25) is 11.8 Å². The normalized spacial score (nSPS) is 12.0. The number of carbonyl (C=O) groups excluding carboxylic acids is 2. The monoisotopic (exact) mass is 629 g/mol. The van der Waals surface area contributed by atoms with E-state index in [2.05, 4.69) is 5.32 Å². The van der Waals surface area contributed by atoms with Crippen molar-refractivity contribution < 1.29 is 22.4 Å². The fourth-order valence-corrected chi connectivity index (χ4v) is 6.34. The molecule has 1 N–H and O–H groups in total. The first kappa shape index (κ1) is 33.4. The van der Waals surface area contributed by atoms with Crippen molar-refractivity contribution in [3.63, 3.8) is 0 Å². The Morgan fingerprint density at radius 3 is 2.07 bits per heavy atom. The highest BCUT2D eigenvalue weighted by Gasteiger charge is 2.34. The van der Waals surface area contributed by atoms with Crippen molar-refractivity contribution in [2.24, 2.45) is 5.92 Å². The number of amides is 2. The first-order valence-electron chi connectivity index (χ1n) is 15.0. The summed E-state index contributed by atoms with van der Waals surface area (Å²) in [6.07, 6.45) is 0.226. The highest BCUT2D eigenvalue weighted by Crippen LogP contribution is 2.26. The molecule has 0 spiro atoms. The van der Waals surface area contributed by atoms with Crippen LogP contribution in [0.15, 0.2) is 108 Å². The molecule has 7 nitrogen and oxygen atoms in total. The molecule has 9 heteroatoms. The Labute approximate surface area is 265 Å². The molecule has 0 saturated heterocycles. The highest BCUT2D eigenvalue weighted by molar-refractivity contribution is 7.92. The minimum Gasteiger partial charge on any atom is -0.354 e. The molecule has 0 aliphatic carbocycles. The first-order chi connectivity index (χ1) is 21.5. The minimum absolute atomic E-state index is 0.00816. The molecule has 0 bridgehead atoms. The summed E-state index contributed by atoms with van der Waals surface area (Å²) in [6, 6.07) is 27.3. The largest absolute Gasteiger partial charge is 0.354 e. The number of hydrogen-bond acceptors (Lipinski definition) is 4. The molecule has 0 heterocycles. The van der Waals surface area contributed by atoms with Crippen LogP contribution in [0.2, 0.25) is 0 Å². The van der Waals surface area contributed by atoms with E-state index in [9.17, 15) is 22.4 Å². The number of benzene rings is 4. The van der Waals surface area contributed by atoms with E-state index in [1.807, 2.05) is 82.3 Å². The van der Waals surface area contributed by atoms with Crippen LogP contribution >= 0.6 is 0 Å². The van der Waals surface area contributed by atoms with Crippen LogP contribution < -0.4 is 9.62 Å². The summed E-state index contributed by atoms with van der Waals surface area (Å²) in [7, 11) is -4.26. The van der Waals surface area contributed by atoms with Crippen LogP contribution in [-0.2, 0) is 32.6 Å². The molecule has 4 rings (SSSR count). The molecule has 0 aliphatic heterocycles. The van der Waals surface area contributed by atoms with Crippen molar-refractivity contribution in [2.45, 2.75) is 51.6 Å². The van der Waals surface area contributed by atoms with E-state index in [1.165, 1.54) is 29.2 Å². The maximum atomic E-state index is 14.5. The van der Waals surface area contributed by atoms with Crippen molar-refractivity contribution >= 4 is 27.5 Å². The van der Waals surface area contributed by atoms with Gasteiger partial charge in [0.05, 0.1) is 10.6 Å². The fourth-order valence-electron chi connectivity index (χ4n) is 4.92. The maximum Gasteiger partial charge on any atom is 0.264 e. The third-order valence-electron chi connectivity index (χ3n) is 7.56. The van der Waals surface area contributed by atoms with E-state index in [0.29, 0.717) is 6.54 Å². The van der Waals surface area contributed by atoms with Gasteiger partial charge in [-0.2, -0.15) is 0 Å². The molecule has 0 fully saturated rings. The zero-order valence-electron chi connectivity index (χ0n) is 26.1. The maximum absolute atomic E-state index is 14.5. The Hall–Kier alpha value is -4.50. The Morgan fingerprint density at radius 1 is 0.822 bits per heavy atom. The zero-order chi connectivity index (χ0) is 32.6. The third kappa shape index (κ3) is 8.79. The lowest BCUT2D eigenvalue weighted by Gasteiger charge is -2.34. The summed E-state index contributed by atoms with van der Waals surface area (Å²) < 4.78 is 43.0. The van der Waals surface area contributed by atoms with Gasteiger partial charge in [0, 0.05) is 19.5 Å². The van der Waals surface area contributed by atoms with Crippen molar-refractivity contribution in [2.75, 3.05) is 17.4 Å². The first-order valence-corrected chi connectivity index (χ1v) is 16.4. The van der Waals surface area contributed by atoms with Crippen LogP contribution in [0, 0.1) is 25.6 Å². The summed E-state index contributed by atoms with van der Waals surface area (Å²) in [6.45, 7) is 7.64. The van der Waals surface area contributed by atoms with Gasteiger partial charge in [-0.1, -0.05) is 86.1 Å². The minimum atomic E-state index is -4.26. The second-order valence-electron chi connectivity index (χ2n) is 11.6. The molecule has 1 unspecified atom stereocenters. The summed E-state index contributed by atoms with van der Waals surface area (Å²) in [5, 5.41) is 2.98. The van der Waals surface area contributed by atoms with E-state index >= 15 is 0 Å². The number of aryl methyl sites for hydroxylation is 2. The van der Waals surface area contributed by atoms with Crippen molar-refractivity contribution in [1.29, 1.82) is 0 Å². The molecule has 4 aromatic carbocycles. The SMILES string of the molecule is Cc1ccc(S(=O)(=O)N(CC(=O)N(Cc2ccccc2C)C(Cc2ccccc2)C(=O)NCC(C)C)c2ccc(F)cc2)cc1. The number of carbonyl (C=O) groups is 2. The molecular weight excluding hydrogens is 589 g/mol. The molecule has 1 atom stereocenters. The molecule has 0 saturated carbocycles. The van der Waals surface area contributed by atoms with Crippen molar-refractivity contribution in [1.82, 2.24) is 10.2 Å².